The van der Waals surface area contributed by atoms with E-state index >= 15 is 0 Å². The summed E-state index contributed by atoms with van der Waals surface area (Å²) in [6.07, 6.45) is 0.781. The van der Waals surface area contributed by atoms with Gasteiger partial charge in [-0.2, -0.15) is 0 Å². The van der Waals surface area contributed by atoms with Crippen molar-refractivity contribution >= 4 is 17.7 Å². The Bertz CT molecular complexity index is 624. The van der Waals surface area contributed by atoms with Crippen molar-refractivity contribution in [2.45, 2.75) is 12.5 Å². The average Bonchev–Trinajstić information content (AvgIpc) is 3.00. The Balaban J connectivity index is 1.57. The molecule has 2 N–H and O–H groups in total. The maximum Gasteiger partial charge on any atom is 0.322 e. The number of fused-ring (bicyclic) bond motifs is 1. The predicted molar refractivity (Wildman–Crippen MR) is 92.9 cm³/mol. The van der Waals surface area contributed by atoms with Crippen molar-refractivity contribution in [2.75, 3.05) is 51.8 Å². The zero-order valence-corrected chi connectivity index (χ0v) is 14.4. The van der Waals surface area contributed by atoms with Gasteiger partial charge in [0.25, 0.3) is 0 Å². The van der Waals surface area contributed by atoms with Gasteiger partial charge in [-0.3, -0.25) is 0 Å². The van der Waals surface area contributed by atoms with Gasteiger partial charge >= 0.3 is 12.1 Å². The number of carbonyl (C=O) groups is 2. The second-order valence-corrected chi connectivity index (χ2v) is 6.10. The summed E-state index contributed by atoms with van der Waals surface area (Å²) in [4.78, 5) is 27.7. The average molecular weight is 348 g/mol. The number of amides is 4. The molecule has 1 atom stereocenters. The van der Waals surface area contributed by atoms with Crippen LogP contribution in [-0.4, -0.2) is 74.4 Å². The number of urea groups is 2. The molecule has 0 saturated carbocycles. The van der Waals surface area contributed by atoms with Gasteiger partial charge in [0.15, 0.2) is 0 Å². The third-order valence-corrected chi connectivity index (χ3v) is 4.40. The number of hydrogen-bond donors (Lipinski definition) is 2. The van der Waals surface area contributed by atoms with Crippen molar-refractivity contribution in [1.29, 1.82) is 0 Å². The van der Waals surface area contributed by atoms with E-state index in [0.717, 1.165) is 6.42 Å². The van der Waals surface area contributed by atoms with Crippen molar-refractivity contribution in [2.24, 2.45) is 0 Å². The molecule has 2 aliphatic rings. The maximum atomic E-state index is 12.6. The number of piperazine rings is 1. The first-order chi connectivity index (χ1) is 12.2. The number of benzene rings is 1. The molecule has 25 heavy (non-hydrogen) atoms. The van der Waals surface area contributed by atoms with E-state index in [2.05, 4.69) is 10.6 Å². The summed E-state index contributed by atoms with van der Waals surface area (Å²) in [7, 11) is 1.65. The molecule has 4 amide bonds. The number of hydrogen-bond acceptors (Lipinski definition) is 4. The largest absolute Gasteiger partial charge is 0.491 e. The standard InChI is InChI=1S/C17H24N4O4/c1-24-9-4-10-25-15-6-3-2-5-14(15)19-17(23)20-7-8-21-13(12-20)11-18-16(21)22/h2-3,5-6,13H,4,7-12H2,1H3,(H,18,22)(H,19,23). The zero-order valence-electron chi connectivity index (χ0n) is 14.4. The van der Waals surface area contributed by atoms with Crippen LogP contribution < -0.4 is 15.4 Å². The van der Waals surface area contributed by atoms with E-state index in [9.17, 15) is 9.59 Å². The van der Waals surface area contributed by atoms with E-state index in [1.54, 1.807) is 16.9 Å². The van der Waals surface area contributed by atoms with Gasteiger partial charge in [0.1, 0.15) is 5.75 Å². The third kappa shape index (κ3) is 4.14. The lowest BCUT2D eigenvalue weighted by Gasteiger charge is -2.36. The van der Waals surface area contributed by atoms with Gasteiger partial charge in [-0.1, -0.05) is 12.1 Å². The van der Waals surface area contributed by atoms with Crippen LogP contribution in [-0.2, 0) is 4.74 Å². The zero-order chi connectivity index (χ0) is 17.6. The van der Waals surface area contributed by atoms with Gasteiger partial charge in [0.05, 0.1) is 18.3 Å². The molecule has 0 aromatic heterocycles. The summed E-state index contributed by atoms with van der Waals surface area (Å²) >= 11 is 0. The van der Waals surface area contributed by atoms with E-state index in [4.69, 9.17) is 9.47 Å². The summed E-state index contributed by atoms with van der Waals surface area (Å²) in [6.45, 7) is 3.34. The molecular weight excluding hydrogens is 324 g/mol. The Morgan fingerprint density at radius 3 is 3.00 bits per heavy atom. The van der Waals surface area contributed by atoms with Crippen LogP contribution in [0.2, 0.25) is 0 Å². The first-order valence-electron chi connectivity index (χ1n) is 8.50. The van der Waals surface area contributed by atoms with Gasteiger partial charge in [0, 0.05) is 46.3 Å². The predicted octanol–water partition coefficient (Wildman–Crippen LogP) is 1.34. The van der Waals surface area contributed by atoms with Crippen LogP contribution in [0.1, 0.15) is 6.42 Å². The fraction of sp³-hybridized carbons (Fsp3) is 0.529. The highest BCUT2D eigenvalue weighted by molar-refractivity contribution is 5.91. The minimum absolute atomic E-state index is 0.0418. The number of nitrogens with one attached hydrogen (secondary N) is 2. The molecule has 2 heterocycles. The fourth-order valence-corrected chi connectivity index (χ4v) is 3.06. The third-order valence-electron chi connectivity index (χ3n) is 4.40. The molecule has 1 unspecified atom stereocenters. The SMILES string of the molecule is COCCCOc1ccccc1NC(=O)N1CCN2C(=O)NCC2C1. The molecule has 0 radical (unpaired) electrons. The Labute approximate surface area is 147 Å². The van der Waals surface area contributed by atoms with Gasteiger partial charge < -0.3 is 29.9 Å². The number of rotatable bonds is 6. The second kappa shape index (κ2) is 8.06. The maximum absolute atomic E-state index is 12.6. The van der Waals surface area contributed by atoms with Crippen molar-refractivity contribution in [3.05, 3.63) is 24.3 Å². The van der Waals surface area contributed by atoms with Crippen LogP contribution in [0, 0.1) is 0 Å². The molecule has 8 nitrogen and oxygen atoms in total. The van der Waals surface area contributed by atoms with Crippen LogP contribution in [0.4, 0.5) is 15.3 Å². The Morgan fingerprint density at radius 2 is 2.16 bits per heavy atom. The highest BCUT2D eigenvalue weighted by Gasteiger charge is 2.36. The summed E-state index contributed by atoms with van der Waals surface area (Å²) in [5.74, 6) is 0.642. The number of para-hydroxylation sites is 2. The molecule has 1 aromatic carbocycles. The number of methoxy groups -OCH3 is 1. The molecule has 136 valence electrons. The lowest BCUT2D eigenvalue weighted by atomic mass is 10.2. The van der Waals surface area contributed by atoms with E-state index in [-0.39, 0.29) is 18.1 Å². The molecular formula is C17H24N4O4. The molecule has 8 heteroatoms. The first-order valence-corrected chi connectivity index (χ1v) is 8.50. The highest BCUT2D eigenvalue weighted by atomic mass is 16.5. The van der Waals surface area contributed by atoms with Crippen molar-refractivity contribution < 1.29 is 19.1 Å². The van der Waals surface area contributed by atoms with Crippen LogP contribution in [0.3, 0.4) is 0 Å². The van der Waals surface area contributed by atoms with Crippen molar-refractivity contribution in [3.8, 4) is 5.75 Å². The monoisotopic (exact) mass is 348 g/mol. The normalized spacial score (nSPS) is 19.4. The molecule has 0 bridgehead atoms. The summed E-state index contributed by atoms with van der Waals surface area (Å²) in [5, 5.41) is 5.73. The molecule has 0 aliphatic carbocycles. The van der Waals surface area contributed by atoms with Crippen LogP contribution in [0.5, 0.6) is 5.75 Å². The van der Waals surface area contributed by atoms with Gasteiger partial charge in [-0.05, 0) is 12.1 Å². The van der Waals surface area contributed by atoms with Gasteiger partial charge in [0.2, 0.25) is 0 Å². The summed E-state index contributed by atoms with van der Waals surface area (Å²) in [5.41, 5.74) is 0.646. The molecule has 2 saturated heterocycles. The van der Waals surface area contributed by atoms with Gasteiger partial charge in [-0.25, -0.2) is 9.59 Å². The van der Waals surface area contributed by atoms with E-state index in [1.807, 2.05) is 24.3 Å². The number of carbonyl (C=O) groups excluding carboxylic acids is 2. The quantitative estimate of drug-likeness (QED) is 0.760. The fourth-order valence-electron chi connectivity index (χ4n) is 3.06. The van der Waals surface area contributed by atoms with Crippen LogP contribution in [0.15, 0.2) is 24.3 Å². The lowest BCUT2D eigenvalue weighted by Crippen LogP contribution is -2.54. The van der Waals surface area contributed by atoms with E-state index in [0.29, 0.717) is 50.8 Å². The topological polar surface area (TPSA) is 83.1 Å². The summed E-state index contributed by atoms with van der Waals surface area (Å²) < 4.78 is 10.7. The second-order valence-electron chi connectivity index (χ2n) is 6.10. The Hall–Kier alpha value is -2.48. The van der Waals surface area contributed by atoms with Crippen LogP contribution >= 0.6 is 0 Å². The van der Waals surface area contributed by atoms with Crippen molar-refractivity contribution in [1.82, 2.24) is 15.1 Å². The minimum Gasteiger partial charge on any atom is -0.491 e. The van der Waals surface area contributed by atoms with Gasteiger partial charge in [-0.15, -0.1) is 0 Å². The Morgan fingerprint density at radius 1 is 1.32 bits per heavy atom. The first kappa shape index (κ1) is 17.3. The molecule has 3 rings (SSSR count). The van der Waals surface area contributed by atoms with Crippen molar-refractivity contribution in [3.63, 3.8) is 0 Å². The Kier molecular flexibility index (Phi) is 5.60. The smallest absolute Gasteiger partial charge is 0.322 e. The molecule has 2 fully saturated rings. The highest BCUT2D eigenvalue weighted by Crippen LogP contribution is 2.25. The molecule has 2 aliphatic heterocycles. The number of ether oxygens (including phenoxy) is 2. The lowest BCUT2D eigenvalue weighted by molar-refractivity contribution is 0.136. The van der Waals surface area contributed by atoms with E-state index in [1.165, 1.54) is 0 Å². The minimum atomic E-state index is -0.174. The summed E-state index contributed by atoms with van der Waals surface area (Å²) in [6, 6.07) is 7.21. The van der Waals surface area contributed by atoms with Crippen LogP contribution in [0.25, 0.3) is 0 Å². The molecule has 0 spiro atoms. The number of nitrogens with zero attached hydrogens (tertiary/aromatic N) is 2. The number of anilines is 1. The van der Waals surface area contributed by atoms with E-state index < -0.39 is 0 Å². The molecule has 1 aromatic rings.